The van der Waals surface area contributed by atoms with Gasteiger partial charge in [-0.1, -0.05) is 47.7 Å². The van der Waals surface area contributed by atoms with Gasteiger partial charge in [-0.05, 0) is 48.7 Å². The maximum Gasteiger partial charge on any atom is 0.416 e. The highest BCUT2D eigenvalue weighted by Gasteiger charge is 2.50. The molecule has 3 aromatic carbocycles. The molecule has 2 heterocycles. The third kappa shape index (κ3) is 6.39. The van der Waals surface area contributed by atoms with Crippen molar-refractivity contribution in [2.24, 2.45) is 0 Å². The molecule has 0 aliphatic carbocycles. The average molecular weight is 670 g/mol. The van der Waals surface area contributed by atoms with E-state index in [2.05, 4.69) is 10.3 Å². The second kappa shape index (κ2) is 13.0. The molecule has 0 unspecified atom stereocenters. The summed E-state index contributed by atoms with van der Waals surface area (Å²) in [4.78, 5) is 0. The molecule has 4 aromatic rings. The van der Waals surface area contributed by atoms with Crippen LogP contribution in [-0.4, -0.2) is 65.8 Å². The number of halogens is 6. The van der Waals surface area contributed by atoms with Gasteiger partial charge < -0.3 is 25.2 Å². The number of aliphatic hydroxyl groups excluding tert-OH is 3. The van der Waals surface area contributed by atoms with Crippen molar-refractivity contribution < 1.29 is 51.5 Å². The van der Waals surface area contributed by atoms with Gasteiger partial charge in [0.05, 0.1) is 23.6 Å². The van der Waals surface area contributed by atoms with Crippen molar-refractivity contribution in [2.45, 2.75) is 60.7 Å². The Morgan fingerprint density at radius 1 is 0.957 bits per heavy atom. The van der Waals surface area contributed by atoms with Crippen molar-refractivity contribution in [2.75, 3.05) is 6.61 Å². The van der Waals surface area contributed by atoms with Gasteiger partial charge in [-0.15, -0.1) is 16.9 Å². The van der Waals surface area contributed by atoms with Gasteiger partial charge in [-0.3, -0.25) is 0 Å². The zero-order valence-corrected chi connectivity index (χ0v) is 25.1. The zero-order chi connectivity index (χ0) is 33.6. The van der Waals surface area contributed by atoms with E-state index in [1.54, 1.807) is 31.2 Å². The molecule has 246 valence electrons. The number of aromatic nitrogens is 3. The van der Waals surface area contributed by atoms with Crippen molar-refractivity contribution in [3.63, 3.8) is 0 Å². The Kier molecular flexibility index (Phi) is 9.55. The fraction of sp³-hybridized carbons (Fsp3) is 0.355. The molecule has 1 saturated heterocycles. The number of aliphatic hydroxyl groups is 4. The highest BCUT2D eigenvalue weighted by atomic mass is 32.2. The summed E-state index contributed by atoms with van der Waals surface area (Å²) in [6.07, 6.45) is -8.48. The van der Waals surface area contributed by atoms with Crippen LogP contribution in [-0.2, 0) is 16.5 Å². The largest absolute Gasteiger partial charge is 0.416 e. The van der Waals surface area contributed by atoms with Crippen molar-refractivity contribution in [1.82, 2.24) is 15.0 Å². The van der Waals surface area contributed by atoms with E-state index < -0.39 is 76.4 Å². The Bertz CT molecular complexity index is 1680. The number of aryl methyl sites for hydroxylation is 1. The second-order valence-corrected chi connectivity index (χ2v) is 12.3. The van der Waals surface area contributed by atoms with E-state index in [1.807, 2.05) is 0 Å². The SMILES string of the molecule is Cc1ccccc1[C@](C)(O)[C@H](S[C@@H]1O[C@H](CO)[C@H](O)[C@H](n2cc(-c3cc(F)c(F)c(F)c3)nn2)[C@H]1O)c1ccccc1C(F)(F)F. The summed E-state index contributed by atoms with van der Waals surface area (Å²) in [6.45, 7) is 2.24. The molecule has 15 heteroatoms. The van der Waals surface area contributed by atoms with Crippen LogP contribution in [0, 0.1) is 24.4 Å². The Morgan fingerprint density at radius 3 is 2.17 bits per heavy atom. The predicted molar refractivity (Wildman–Crippen MR) is 155 cm³/mol. The van der Waals surface area contributed by atoms with Crippen LogP contribution in [0.15, 0.2) is 66.9 Å². The lowest BCUT2D eigenvalue weighted by Crippen LogP contribution is -2.55. The minimum absolute atomic E-state index is 0.159. The molecule has 5 rings (SSSR count). The molecule has 0 saturated carbocycles. The number of thioether (sulfide) groups is 1. The van der Waals surface area contributed by atoms with Crippen LogP contribution in [0.4, 0.5) is 26.3 Å². The first-order valence-corrected chi connectivity index (χ1v) is 14.9. The zero-order valence-electron chi connectivity index (χ0n) is 24.2. The normalized spacial score (nSPS) is 24.0. The molecule has 1 aromatic heterocycles. The lowest BCUT2D eigenvalue weighted by Gasteiger charge is -2.44. The summed E-state index contributed by atoms with van der Waals surface area (Å²) in [7, 11) is 0. The van der Waals surface area contributed by atoms with E-state index >= 15 is 0 Å². The molecule has 4 N–H and O–H groups in total. The number of rotatable bonds is 8. The lowest BCUT2D eigenvalue weighted by atomic mass is 9.84. The van der Waals surface area contributed by atoms with E-state index in [1.165, 1.54) is 25.1 Å². The van der Waals surface area contributed by atoms with E-state index in [0.717, 1.165) is 16.9 Å². The number of hydrogen-bond donors (Lipinski definition) is 4. The predicted octanol–water partition coefficient (Wildman–Crippen LogP) is 5.05. The van der Waals surface area contributed by atoms with E-state index in [0.29, 0.717) is 35.0 Å². The van der Waals surface area contributed by atoms with E-state index in [9.17, 15) is 46.8 Å². The summed E-state index contributed by atoms with van der Waals surface area (Å²) in [6, 6.07) is 11.2. The summed E-state index contributed by atoms with van der Waals surface area (Å²) in [5.41, 5.74) is -4.27. The minimum Gasteiger partial charge on any atom is -0.394 e. The molecule has 0 radical (unpaired) electrons. The van der Waals surface area contributed by atoms with Crippen LogP contribution < -0.4 is 0 Å². The average Bonchev–Trinajstić information content (AvgIpc) is 3.49. The van der Waals surface area contributed by atoms with Crippen molar-refractivity contribution in [3.05, 3.63) is 107 Å². The number of ether oxygens (including phenoxy) is 1. The van der Waals surface area contributed by atoms with Gasteiger partial charge in [0.25, 0.3) is 0 Å². The molecule has 46 heavy (non-hydrogen) atoms. The van der Waals surface area contributed by atoms with Gasteiger partial charge in [0.1, 0.15) is 41.1 Å². The van der Waals surface area contributed by atoms with Crippen molar-refractivity contribution in [1.29, 1.82) is 0 Å². The van der Waals surface area contributed by atoms with E-state index in [-0.39, 0.29) is 16.8 Å². The molecule has 0 spiro atoms. The summed E-state index contributed by atoms with van der Waals surface area (Å²) >= 11 is 0.649. The Labute approximate surface area is 263 Å². The van der Waals surface area contributed by atoms with Crippen LogP contribution in [0.25, 0.3) is 11.3 Å². The molecule has 1 aliphatic heterocycles. The quantitative estimate of drug-likeness (QED) is 0.152. The minimum atomic E-state index is -4.81. The third-order valence-corrected chi connectivity index (χ3v) is 9.61. The topological polar surface area (TPSA) is 121 Å². The van der Waals surface area contributed by atoms with Crippen LogP contribution in [0.2, 0.25) is 0 Å². The van der Waals surface area contributed by atoms with Gasteiger partial charge >= 0.3 is 6.18 Å². The lowest BCUT2D eigenvalue weighted by molar-refractivity contribution is -0.179. The molecule has 1 aliphatic rings. The number of nitrogens with zero attached hydrogens (tertiary/aromatic N) is 3. The summed E-state index contributed by atoms with van der Waals surface area (Å²) in [5.74, 6) is -4.67. The van der Waals surface area contributed by atoms with Crippen LogP contribution in [0.3, 0.4) is 0 Å². The second-order valence-electron chi connectivity index (χ2n) is 11.1. The number of alkyl halides is 3. The van der Waals surface area contributed by atoms with Gasteiger partial charge in [-0.2, -0.15) is 13.2 Å². The van der Waals surface area contributed by atoms with Crippen molar-refractivity contribution >= 4 is 11.8 Å². The monoisotopic (exact) mass is 669 g/mol. The highest BCUT2D eigenvalue weighted by Crippen LogP contribution is 2.52. The fourth-order valence-electron chi connectivity index (χ4n) is 5.66. The Balaban J connectivity index is 1.57. The maximum atomic E-state index is 14.3. The third-order valence-electron chi connectivity index (χ3n) is 7.96. The van der Waals surface area contributed by atoms with Gasteiger partial charge in [0, 0.05) is 5.56 Å². The molecule has 7 atom stereocenters. The maximum absolute atomic E-state index is 14.3. The summed E-state index contributed by atoms with van der Waals surface area (Å²) < 4.78 is 90.9. The van der Waals surface area contributed by atoms with Gasteiger partial charge in [0.2, 0.25) is 0 Å². The summed E-state index contributed by atoms with van der Waals surface area (Å²) in [5, 5.41) is 50.9. The molecular formula is C31H29F6N3O5S. The van der Waals surface area contributed by atoms with Crippen LogP contribution >= 0.6 is 11.8 Å². The Morgan fingerprint density at radius 2 is 1.57 bits per heavy atom. The molecule has 8 nitrogen and oxygen atoms in total. The van der Waals surface area contributed by atoms with Crippen LogP contribution in [0.5, 0.6) is 0 Å². The van der Waals surface area contributed by atoms with Crippen LogP contribution in [0.1, 0.15) is 40.5 Å². The van der Waals surface area contributed by atoms with Crippen molar-refractivity contribution in [3.8, 4) is 11.3 Å². The molecule has 0 amide bonds. The van der Waals surface area contributed by atoms with Gasteiger partial charge in [0.15, 0.2) is 17.5 Å². The Hall–Kier alpha value is -3.47. The molecular weight excluding hydrogens is 640 g/mol. The first-order valence-electron chi connectivity index (χ1n) is 13.9. The first kappa shape index (κ1) is 33.9. The highest BCUT2D eigenvalue weighted by molar-refractivity contribution is 8.00. The first-order chi connectivity index (χ1) is 21.6. The van der Waals surface area contributed by atoms with Gasteiger partial charge in [-0.25, -0.2) is 17.9 Å². The number of benzene rings is 3. The fourth-order valence-corrected chi connectivity index (χ4v) is 7.20. The number of hydrogen-bond acceptors (Lipinski definition) is 8. The molecule has 0 bridgehead atoms. The standard InChI is InChI=1S/C31H29F6N3O5S/c1-15-7-3-5-9-18(15)30(2,44)28(17-8-4-6-10-19(17)31(35,36)37)46-29-27(43)25(26(42)23(14-41)45-29)40-13-22(38-39-40)16-11-20(32)24(34)21(33)12-16/h3-13,23,25-29,41-44H,14H2,1-2H3/t23-,25+,26+,27-,28-,29+,30+/m1/s1. The van der Waals surface area contributed by atoms with E-state index in [4.69, 9.17) is 4.74 Å². The molecule has 1 fully saturated rings. The smallest absolute Gasteiger partial charge is 0.394 e.